The molecule has 2 N–H and O–H groups in total. The third-order valence-electron chi connectivity index (χ3n) is 4.57. The molecule has 11 heteroatoms. The monoisotopic (exact) mass is 479 g/mol. The fourth-order valence-electron chi connectivity index (χ4n) is 2.98. The fraction of sp³-hybridized carbons (Fsp3) is 0.238. The summed E-state index contributed by atoms with van der Waals surface area (Å²) < 4.78 is 10.1. The summed E-state index contributed by atoms with van der Waals surface area (Å²) in [5, 5.41) is 4.09. The first-order valence-electron chi connectivity index (χ1n) is 9.43. The maximum absolute atomic E-state index is 12.4. The van der Waals surface area contributed by atoms with Crippen LogP contribution >= 0.6 is 23.2 Å². The molecule has 168 valence electrons. The summed E-state index contributed by atoms with van der Waals surface area (Å²) in [6, 6.07) is 11.0. The summed E-state index contributed by atoms with van der Waals surface area (Å²) in [6.07, 6.45) is -0.162. The van der Waals surface area contributed by atoms with E-state index in [9.17, 15) is 19.2 Å². The van der Waals surface area contributed by atoms with Crippen LogP contribution in [0, 0.1) is 5.92 Å². The zero-order valence-corrected chi connectivity index (χ0v) is 18.4. The third-order valence-corrected chi connectivity index (χ3v) is 5.12. The number of benzene rings is 2. The second-order valence-corrected chi connectivity index (χ2v) is 7.70. The highest BCUT2D eigenvalue weighted by molar-refractivity contribution is 6.36. The third kappa shape index (κ3) is 5.89. The molecule has 0 radical (unpaired) electrons. The van der Waals surface area contributed by atoms with E-state index in [1.54, 1.807) is 24.3 Å². The number of esters is 1. The highest BCUT2D eigenvalue weighted by Gasteiger charge is 2.37. The van der Waals surface area contributed by atoms with Crippen LogP contribution < -0.4 is 15.5 Å². The van der Waals surface area contributed by atoms with Crippen LogP contribution in [-0.2, 0) is 19.1 Å². The van der Waals surface area contributed by atoms with Crippen LogP contribution in [0.2, 0.25) is 10.0 Å². The van der Waals surface area contributed by atoms with Crippen molar-refractivity contribution >= 4 is 52.6 Å². The van der Waals surface area contributed by atoms with Crippen LogP contribution in [-0.4, -0.2) is 49.0 Å². The molecule has 0 unspecified atom stereocenters. The average Bonchev–Trinajstić information content (AvgIpc) is 3.12. The van der Waals surface area contributed by atoms with Crippen molar-refractivity contribution in [3.05, 3.63) is 58.1 Å². The number of nitrogens with one attached hydrogen (secondary N) is 2. The Bertz CT molecular complexity index is 1060. The molecule has 0 aliphatic carbocycles. The Morgan fingerprint density at radius 1 is 1.16 bits per heavy atom. The van der Waals surface area contributed by atoms with Gasteiger partial charge in [0.25, 0.3) is 11.8 Å². The van der Waals surface area contributed by atoms with Crippen molar-refractivity contribution in [2.75, 3.05) is 25.6 Å². The Morgan fingerprint density at radius 3 is 2.66 bits per heavy atom. The van der Waals surface area contributed by atoms with Crippen molar-refractivity contribution in [3.63, 3.8) is 0 Å². The number of rotatable bonds is 7. The maximum Gasteiger partial charge on any atom is 0.311 e. The van der Waals surface area contributed by atoms with Gasteiger partial charge < -0.3 is 14.8 Å². The minimum atomic E-state index is -0.826. The molecule has 1 atom stereocenters. The van der Waals surface area contributed by atoms with E-state index < -0.39 is 36.2 Å². The van der Waals surface area contributed by atoms with Crippen molar-refractivity contribution in [1.29, 1.82) is 0 Å². The number of halogens is 2. The van der Waals surface area contributed by atoms with E-state index >= 15 is 0 Å². The van der Waals surface area contributed by atoms with Gasteiger partial charge in [-0.05, 0) is 30.3 Å². The molecule has 2 aromatic rings. The molecule has 0 spiro atoms. The van der Waals surface area contributed by atoms with Gasteiger partial charge in [0.05, 0.1) is 30.2 Å². The highest BCUT2D eigenvalue weighted by Crippen LogP contribution is 2.22. The van der Waals surface area contributed by atoms with Crippen molar-refractivity contribution in [2.24, 2.45) is 5.92 Å². The number of nitrogens with zero attached hydrogens (tertiary/aromatic N) is 1. The summed E-state index contributed by atoms with van der Waals surface area (Å²) in [5.74, 6) is -2.61. The van der Waals surface area contributed by atoms with Gasteiger partial charge in [0.15, 0.2) is 6.61 Å². The zero-order valence-electron chi connectivity index (χ0n) is 16.9. The van der Waals surface area contributed by atoms with Crippen molar-refractivity contribution in [1.82, 2.24) is 10.4 Å². The van der Waals surface area contributed by atoms with E-state index in [0.29, 0.717) is 16.5 Å². The second-order valence-electron chi connectivity index (χ2n) is 6.86. The van der Waals surface area contributed by atoms with E-state index in [4.69, 9.17) is 32.7 Å². The normalized spacial score (nSPS) is 15.3. The summed E-state index contributed by atoms with van der Waals surface area (Å²) in [5.41, 5.74) is 3.03. The van der Waals surface area contributed by atoms with Gasteiger partial charge in [0.2, 0.25) is 5.91 Å². The largest absolute Gasteiger partial charge is 0.497 e. The molecular formula is C21H19Cl2N3O6. The fourth-order valence-corrected chi connectivity index (χ4v) is 3.48. The molecular weight excluding hydrogens is 461 g/mol. The molecule has 1 saturated heterocycles. The number of hydrazine groups is 1. The van der Waals surface area contributed by atoms with Crippen molar-refractivity contribution < 1.29 is 28.7 Å². The van der Waals surface area contributed by atoms with E-state index in [0.717, 1.165) is 5.01 Å². The molecule has 3 rings (SSSR count). The first-order valence-corrected chi connectivity index (χ1v) is 10.2. The van der Waals surface area contributed by atoms with Crippen LogP contribution in [0.15, 0.2) is 42.5 Å². The Morgan fingerprint density at radius 2 is 1.94 bits per heavy atom. The Balaban J connectivity index is 1.50. The quantitative estimate of drug-likeness (QED) is 0.590. The Hall–Kier alpha value is -3.30. The van der Waals surface area contributed by atoms with Crippen molar-refractivity contribution in [2.45, 2.75) is 6.42 Å². The lowest BCUT2D eigenvalue weighted by atomic mass is 10.1. The second kappa shape index (κ2) is 10.3. The smallest absolute Gasteiger partial charge is 0.311 e. The molecule has 0 saturated carbocycles. The van der Waals surface area contributed by atoms with Crippen molar-refractivity contribution in [3.8, 4) is 5.75 Å². The minimum absolute atomic E-state index is 0.0912. The summed E-state index contributed by atoms with van der Waals surface area (Å²) in [7, 11) is 1.50. The molecule has 0 aromatic heterocycles. The van der Waals surface area contributed by atoms with Crippen LogP contribution in [0.25, 0.3) is 0 Å². The van der Waals surface area contributed by atoms with E-state index in [2.05, 4.69) is 10.7 Å². The lowest BCUT2D eigenvalue weighted by Gasteiger charge is -2.18. The van der Waals surface area contributed by atoms with E-state index in [-0.39, 0.29) is 23.6 Å². The number of hydrogen-bond acceptors (Lipinski definition) is 6. The van der Waals surface area contributed by atoms with Gasteiger partial charge in [0, 0.05) is 23.2 Å². The zero-order chi connectivity index (χ0) is 23.3. The van der Waals surface area contributed by atoms with Gasteiger partial charge in [-0.1, -0.05) is 29.3 Å². The van der Waals surface area contributed by atoms with E-state index in [1.807, 2.05) is 0 Å². The van der Waals surface area contributed by atoms with Gasteiger partial charge in [-0.15, -0.1) is 0 Å². The highest BCUT2D eigenvalue weighted by atomic mass is 35.5. The van der Waals surface area contributed by atoms with Crippen LogP contribution in [0.3, 0.4) is 0 Å². The molecule has 1 aliphatic rings. The number of carbonyl (C=O) groups excluding carboxylic acids is 4. The minimum Gasteiger partial charge on any atom is -0.497 e. The van der Waals surface area contributed by atoms with Gasteiger partial charge >= 0.3 is 5.97 Å². The van der Waals surface area contributed by atoms with Crippen LogP contribution in [0.5, 0.6) is 5.75 Å². The Kier molecular flexibility index (Phi) is 7.55. The molecule has 2 aromatic carbocycles. The van der Waals surface area contributed by atoms with Gasteiger partial charge in [-0.2, -0.15) is 0 Å². The lowest BCUT2D eigenvalue weighted by Crippen LogP contribution is -2.43. The first-order chi connectivity index (χ1) is 15.3. The lowest BCUT2D eigenvalue weighted by molar-refractivity contribution is -0.151. The number of methoxy groups -OCH3 is 1. The summed E-state index contributed by atoms with van der Waals surface area (Å²) in [4.78, 5) is 48.9. The summed E-state index contributed by atoms with van der Waals surface area (Å²) >= 11 is 11.8. The number of ether oxygens (including phenoxy) is 2. The molecule has 9 nitrogen and oxygen atoms in total. The summed E-state index contributed by atoms with van der Waals surface area (Å²) in [6.45, 7) is -0.612. The molecule has 1 heterocycles. The Labute approximate surface area is 193 Å². The molecule has 3 amide bonds. The number of carbonyl (C=O) groups is 4. The topological polar surface area (TPSA) is 114 Å². The molecule has 1 fully saturated rings. The van der Waals surface area contributed by atoms with Crippen LogP contribution in [0.4, 0.5) is 5.69 Å². The molecule has 0 bridgehead atoms. The SMILES string of the molecule is COc1cccc(NC(=O)COC(=O)[C@@H]2CC(=O)N(NC(=O)c3ccc(Cl)cc3Cl)C2)c1. The number of hydrogen-bond donors (Lipinski definition) is 2. The average molecular weight is 480 g/mol. The predicted octanol–water partition coefficient (Wildman–Crippen LogP) is 2.68. The number of anilines is 1. The first kappa shape index (κ1) is 23.4. The molecule has 32 heavy (non-hydrogen) atoms. The van der Waals surface area contributed by atoms with Gasteiger partial charge in [-0.25, -0.2) is 0 Å². The molecule has 1 aliphatic heterocycles. The standard InChI is InChI=1S/C21H19Cl2N3O6/c1-31-15-4-2-3-14(9-15)24-18(27)11-32-21(30)12-7-19(28)26(10-12)25-20(29)16-6-5-13(22)8-17(16)23/h2-6,8-9,12H,7,10-11H2,1H3,(H,24,27)(H,25,29)/t12-/m1/s1. The number of amides is 3. The van der Waals surface area contributed by atoms with Gasteiger partial charge in [-0.3, -0.25) is 29.6 Å². The van der Waals surface area contributed by atoms with Crippen LogP contribution in [0.1, 0.15) is 16.8 Å². The predicted molar refractivity (Wildman–Crippen MR) is 116 cm³/mol. The van der Waals surface area contributed by atoms with E-state index in [1.165, 1.54) is 25.3 Å². The van der Waals surface area contributed by atoms with Gasteiger partial charge in [0.1, 0.15) is 5.75 Å². The maximum atomic E-state index is 12.4.